The number of piperazine rings is 1. The Balaban J connectivity index is 1.55. The van der Waals surface area contributed by atoms with E-state index >= 15 is 0 Å². The number of ether oxygens (including phenoxy) is 1. The quantitative estimate of drug-likeness (QED) is 0.758. The maximum atomic E-state index is 5.55. The van der Waals surface area contributed by atoms with E-state index < -0.39 is 0 Å². The lowest BCUT2D eigenvalue weighted by Gasteiger charge is -2.36. The summed E-state index contributed by atoms with van der Waals surface area (Å²) >= 11 is 1.63. The van der Waals surface area contributed by atoms with Crippen molar-refractivity contribution in [2.24, 2.45) is 0 Å². The van der Waals surface area contributed by atoms with Gasteiger partial charge in [-0.05, 0) is 17.5 Å². The molecule has 0 radical (unpaired) electrons. The molecule has 2 aromatic heterocycles. The predicted molar refractivity (Wildman–Crippen MR) is 96.6 cm³/mol. The Hall–Kier alpha value is -2.22. The second-order valence-corrected chi connectivity index (χ2v) is 6.74. The van der Waals surface area contributed by atoms with Gasteiger partial charge in [-0.3, -0.25) is 4.90 Å². The molecule has 0 aliphatic carbocycles. The Bertz CT molecular complexity index is 818. The molecular weight excluding hydrogens is 336 g/mol. The summed E-state index contributed by atoms with van der Waals surface area (Å²) in [5.41, 5.74) is 2.18. The summed E-state index contributed by atoms with van der Waals surface area (Å²) in [5.74, 6) is 2.20. The Morgan fingerprint density at radius 1 is 1.36 bits per heavy atom. The Morgan fingerprint density at radius 2 is 2.28 bits per heavy atom. The van der Waals surface area contributed by atoms with Crippen LogP contribution in [-0.2, 0) is 6.54 Å². The topological polar surface area (TPSA) is 63.4 Å². The monoisotopic (exact) mass is 356 g/mol. The third kappa shape index (κ3) is 3.44. The van der Waals surface area contributed by atoms with Crippen molar-refractivity contribution in [3.8, 4) is 17.1 Å². The summed E-state index contributed by atoms with van der Waals surface area (Å²) < 4.78 is 11.0. The van der Waals surface area contributed by atoms with Crippen LogP contribution >= 0.6 is 11.3 Å². The first-order valence-electron chi connectivity index (χ1n) is 8.28. The number of para-hydroxylation sites is 1. The second kappa shape index (κ2) is 7.35. The van der Waals surface area contributed by atoms with Gasteiger partial charge in [-0.15, -0.1) is 0 Å². The highest BCUT2D eigenvalue weighted by molar-refractivity contribution is 7.08. The minimum Gasteiger partial charge on any atom is -0.496 e. The lowest BCUT2D eigenvalue weighted by Crippen LogP contribution is -2.45. The van der Waals surface area contributed by atoms with Gasteiger partial charge in [-0.1, -0.05) is 23.4 Å². The number of hydrogen-bond acceptors (Lipinski definition) is 7. The summed E-state index contributed by atoms with van der Waals surface area (Å²) in [6.45, 7) is 3.35. The van der Waals surface area contributed by atoms with Crippen molar-refractivity contribution < 1.29 is 9.26 Å². The fourth-order valence-electron chi connectivity index (χ4n) is 3.19. The summed E-state index contributed by atoms with van der Waals surface area (Å²) in [6.07, 6.45) is 0. The zero-order chi connectivity index (χ0) is 17.1. The van der Waals surface area contributed by atoms with Gasteiger partial charge in [0.2, 0.25) is 11.7 Å². The highest BCUT2D eigenvalue weighted by Crippen LogP contribution is 2.31. The van der Waals surface area contributed by atoms with E-state index in [0.717, 1.165) is 30.9 Å². The molecule has 1 fully saturated rings. The van der Waals surface area contributed by atoms with Gasteiger partial charge in [-0.2, -0.15) is 16.3 Å². The van der Waals surface area contributed by atoms with E-state index in [1.54, 1.807) is 18.4 Å². The molecule has 0 bridgehead atoms. The molecule has 1 aliphatic heterocycles. The molecule has 4 rings (SSSR count). The molecule has 6 nitrogen and oxygen atoms in total. The molecule has 3 heterocycles. The lowest BCUT2D eigenvalue weighted by atomic mass is 10.0. The van der Waals surface area contributed by atoms with Gasteiger partial charge in [0.05, 0.1) is 19.7 Å². The molecule has 1 saturated heterocycles. The lowest BCUT2D eigenvalue weighted by molar-refractivity contribution is 0.133. The smallest absolute Gasteiger partial charge is 0.241 e. The fraction of sp³-hybridized carbons (Fsp3) is 0.333. The molecule has 1 N–H and O–H groups in total. The minimum atomic E-state index is 0.210. The van der Waals surface area contributed by atoms with Crippen LogP contribution in [0.3, 0.4) is 0 Å². The summed E-state index contributed by atoms with van der Waals surface area (Å²) in [7, 11) is 1.71. The van der Waals surface area contributed by atoms with E-state index in [-0.39, 0.29) is 6.04 Å². The highest BCUT2D eigenvalue weighted by atomic mass is 32.1. The number of aromatic nitrogens is 2. The summed E-state index contributed by atoms with van der Waals surface area (Å²) in [4.78, 5) is 6.91. The molecule has 0 saturated carbocycles. The van der Waals surface area contributed by atoms with Crippen molar-refractivity contribution in [1.29, 1.82) is 0 Å². The van der Waals surface area contributed by atoms with Crippen LogP contribution in [0.15, 0.2) is 45.6 Å². The van der Waals surface area contributed by atoms with Gasteiger partial charge in [0, 0.05) is 36.1 Å². The molecule has 1 unspecified atom stereocenters. The van der Waals surface area contributed by atoms with Gasteiger partial charge >= 0.3 is 0 Å². The van der Waals surface area contributed by atoms with Gasteiger partial charge in [0.15, 0.2) is 0 Å². The first-order chi connectivity index (χ1) is 12.3. The zero-order valence-corrected chi connectivity index (χ0v) is 14.8. The average molecular weight is 356 g/mol. The van der Waals surface area contributed by atoms with Gasteiger partial charge in [0.1, 0.15) is 5.75 Å². The van der Waals surface area contributed by atoms with E-state index in [2.05, 4.69) is 26.4 Å². The number of nitrogens with zero attached hydrogens (tertiary/aromatic N) is 3. The molecule has 7 heteroatoms. The van der Waals surface area contributed by atoms with Crippen LogP contribution in [0.1, 0.15) is 17.5 Å². The minimum absolute atomic E-state index is 0.210. The largest absolute Gasteiger partial charge is 0.496 e. The van der Waals surface area contributed by atoms with E-state index in [4.69, 9.17) is 9.26 Å². The number of rotatable bonds is 5. The average Bonchev–Trinajstić information content (AvgIpc) is 3.34. The van der Waals surface area contributed by atoms with Crippen LogP contribution in [0.4, 0.5) is 0 Å². The van der Waals surface area contributed by atoms with Crippen molar-refractivity contribution in [2.45, 2.75) is 12.6 Å². The van der Waals surface area contributed by atoms with Crippen molar-refractivity contribution in [3.05, 3.63) is 52.5 Å². The van der Waals surface area contributed by atoms with Crippen LogP contribution in [-0.4, -0.2) is 41.8 Å². The van der Waals surface area contributed by atoms with Crippen LogP contribution in [0, 0.1) is 0 Å². The normalized spacial score (nSPS) is 18.4. The molecule has 3 aromatic rings. The SMILES string of the molecule is COc1ccccc1C1CNCCN1Cc1nc(-c2ccsc2)no1. The van der Waals surface area contributed by atoms with Crippen LogP contribution in [0.25, 0.3) is 11.4 Å². The molecule has 25 heavy (non-hydrogen) atoms. The maximum absolute atomic E-state index is 5.55. The number of thiophene rings is 1. The van der Waals surface area contributed by atoms with Crippen LogP contribution in [0.5, 0.6) is 5.75 Å². The van der Waals surface area contributed by atoms with E-state index in [0.29, 0.717) is 18.3 Å². The van der Waals surface area contributed by atoms with Gasteiger partial charge in [0.25, 0.3) is 0 Å². The molecule has 130 valence electrons. The van der Waals surface area contributed by atoms with Crippen LogP contribution in [0.2, 0.25) is 0 Å². The van der Waals surface area contributed by atoms with Crippen LogP contribution < -0.4 is 10.1 Å². The summed E-state index contributed by atoms with van der Waals surface area (Å²) in [5, 5.41) is 11.6. The Kier molecular flexibility index (Phi) is 4.78. The predicted octanol–water partition coefficient (Wildman–Crippen LogP) is 2.95. The molecule has 1 aromatic carbocycles. The number of nitrogens with one attached hydrogen (secondary N) is 1. The van der Waals surface area contributed by atoms with E-state index in [1.165, 1.54) is 5.56 Å². The number of methoxy groups -OCH3 is 1. The molecule has 0 spiro atoms. The second-order valence-electron chi connectivity index (χ2n) is 5.96. The standard InChI is InChI=1S/C18H20N4O2S/c1-23-16-5-3-2-4-14(16)15-10-19-7-8-22(15)11-17-20-18(21-24-17)13-6-9-25-12-13/h2-6,9,12,15,19H,7-8,10-11H2,1H3. The Morgan fingerprint density at radius 3 is 3.12 bits per heavy atom. The van der Waals surface area contributed by atoms with E-state index in [9.17, 15) is 0 Å². The van der Waals surface area contributed by atoms with Crippen molar-refractivity contribution >= 4 is 11.3 Å². The van der Waals surface area contributed by atoms with Gasteiger partial charge < -0.3 is 14.6 Å². The zero-order valence-electron chi connectivity index (χ0n) is 14.0. The number of hydrogen-bond donors (Lipinski definition) is 1. The molecular formula is C18H20N4O2S. The van der Waals surface area contributed by atoms with Gasteiger partial charge in [-0.25, -0.2) is 0 Å². The third-order valence-electron chi connectivity index (χ3n) is 4.44. The van der Waals surface area contributed by atoms with Crippen molar-refractivity contribution in [3.63, 3.8) is 0 Å². The fourth-order valence-corrected chi connectivity index (χ4v) is 3.82. The van der Waals surface area contributed by atoms with E-state index in [1.807, 2.05) is 35.0 Å². The molecule has 1 atom stereocenters. The third-order valence-corrected chi connectivity index (χ3v) is 5.12. The van der Waals surface area contributed by atoms with Crippen molar-refractivity contribution in [1.82, 2.24) is 20.4 Å². The number of benzene rings is 1. The first-order valence-corrected chi connectivity index (χ1v) is 9.22. The first kappa shape index (κ1) is 16.3. The maximum Gasteiger partial charge on any atom is 0.241 e. The molecule has 1 aliphatic rings. The Labute approximate surface area is 150 Å². The summed E-state index contributed by atoms with van der Waals surface area (Å²) in [6, 6.07) is 10.4. The highest BCUT2D eigenvalue weighted by Gasteiger charge is 2.27. The van der Waals surface area contributed by atoms with Crippen molar-refractivity contribution in [2.75, 3.05) is 26.7 Å². The molecule has 0 amide bonds.